The second-order valence-corrected chi connectivity index (χ2v) is 7.17. The van der Waals surface area contributed by atoms with E-state index >= 15 is 0 Å². The Labute approximate surface area is 156 Å². The molecule has 26 heavy (non-hydrogen) atoms. The van der Waals surface area contributed by atoms with Crippen LogP contribution in [0.25, 0.3) is 0 Å². The smallest absolute Gasteiger partial charge is 0.148 e. The van der Waals surface area contributed by atoms with Crippen LogP contribution in [0.5, 0.6) is 11.5 Å². The molecule has 1 aliphatic rings. The van der Waals surface area contributed by atoms with Gasteiger partial charge in [0, 0.05) is 28.2 Å². The van der Waals surface area contributed by atoms with Crippen molar-refractivity contribution in [1.82, 2.24) is 0 Å². The van der Waals surface area contributed by atoms with Crippen LogP contribution in [0.15, 0.2) is 75.2 Å². The first-order chi connectivity index (χ1) is 12.8. The minimum absolute atomic E-state index is 0.156. The zero-order valence-electron chi connectivity index (χ0n) is 14.6. The number of methoxy groups -OCH3 is 2. The van der Waals surface area contributed by atoms with Gasteiger partial charge in [-0.05, 0) is 30.3 Å². The summed E-state index contributed by atoms with van der Waals surface area (Å²) in [5, 5.41) is 0.156. The Morgan fingerprint density at radius 1 is 1.04 bits per heavy atom. The van der Waals surface area contributed by atoms with Crippen LogP contribution in [0.2, 0.25) is 0 Å². The number of rotatable bonds is 4. The van der Waals surface area contributed by atoms with Crippen molar-refractivity contribution in [3.8, 4) is 11.5 Å². The topological polar surface area (TPSA) is 44.0 Å². The van der Waals surface area contributed by atoms with Crippen molar-refractivity contribution in [3.63, 3.8) is 0 Å². The number of furan rings is 1. The summed E-state index contributed by atoms with van der Waals surface area (Å²) >= 11 is 1.80. The fourth-order valence-electron chi connectivity index (χ4n) is 3.07. The highest BCUT2D eigenvalue weighted by Gasteiger charge is 2.26. The van der Waals surface area contributed by atoms with Gasteiger partial charge in [-0.25, -0.2) is 4.99 Å². The zero-order valence-corrected chi connectivity index (χ0v) is 15.5. The van der Waals surface area contributed by atoms with E-state index in [-0.39, 0.29) is 5.25 Å². The van der Waals surface area contributed by atoms with E-state index in [1.807, 2.05) is 42.5 Å². The van der Waals surface area contributed by atoms with Crippen LogP contribution in [0.3, 0.4) is 0 Å². The SMILES string of the molecule is COc1ccc([C@@H]2CC(c3ccco3)=Nc3ccccc3S2)c(OC)c1. The maximum atomic E-state index is 5.64. The van der Waals surface area contributed by atoms with Crippen LogP contribution in [0, 0.1) is 0 Å². The highest BCUT2D eigenvalue weighted by atomic mass is 32.2. The highest BCUT2D eigenvalue weighted by Crippen LogP contribution is 2.48. The molecule has 3 aromatic rings. The lowest BCUT2D eigenvalue weighted by atomic mass is 10.0. The van der Waals surface area contributed by atoms with Crippen molar-refractivity contribution in [3.05, 3.63) is 72.2 Å². The first kappa shape index (κ1) is 16.8. The number of benzene rings is 2. The van der Waals surface area contributed by atoms with Crippen molar-refractivity contribution < 1.29 is 13.9 Å². The molecule has 0 fully saturated rings. The molecule has 5 heteroatoms. The third kappa shape index (κ3) is 3.22. The van der Waals surface area contributed by atoms with Crippen molar-refractivity contribution in [1.29, 1.82) is 0 Å². The molecule has 0 saturated carbocycles. The van der Waals surface area contributed by atoms with E-state index in [1.165, 1.54) is 0 Å². The van der Waals surface area contributed by atoms with Crippen LogP contribution >= 0.6 is 11.8 Å². The number of fused-ring (bicyclic) bond motifs is 1. The van der Waals surface area contributed by atoms with Crippen LogP contribution in [0.1, 0.15) is 23.0 Å². The predicted octanol–water partition coefficient (Wildman–Crippen LogP) is 5.65. The van der Waals surface area contributed by atoms with Gasteiger partial charge in [-0.2, -0.15) is 0 Å². The standard InChI is InChI=1S/C21H19NO3S/c1-23-14-9-10-15(19(12-14)24-2)21-13-17(18-7-5-11-25-18)22-16-6-3-4-8-20(16)26-21/h3-12,21H,13H2,1-2H3/t21-/m0/s1. The van der Waals surface area contributed by atoms with Crippen molar-refractivity contribution in [2.45, 2.75) is 16.6 Å². The quantitative estimate of drug-likeness (QED) is 0.599. The van der Waals surface area contributed by atoms with E-state index in [0.717, 1.165) is 45.5 Å². The average molecular weight is 365 g/mol. The van der Waals surface area contributed by atoms with E-state index in [0.29, 0.717) is 0 Å². The number of hydrogen-bond donors (Lipinski definition) is 0. The summed E-state index contributed by atoms with van der Waals surface area (Å²) in [5.41, 5.74) is 3.03. The lowest BCUT2D eigenvalue weighted by Crippen LogP contribution is -2.06. The molecule has 0 saturated heterocycles. The Morgan fingerprint density at radius 3 is 2.69 bits per heavy atom. The van der Waals surface area contributed by atoms with Crippen LogP contribution < -0.4 is 9.47 Å². The van der Waals surface area contributed by atoms with Crippen molar-refractivity contribution in [2.24, 2.45) is 4.99 Å². The third-order valence-corrected chi connectivity index (χ3v) is 5.67. The zero-order chi connectivity index (χ0) is 17.9. The Morgan fingerprint density at radius 2 is 1.92 bits per heavy atom. The number of thioether (sulfide) groups is 1. The molecule has 0 unspecified atom stereocenters. The lowest BCUT2D eigenvalue weighted by molar-refractivity contribution is 0.391. The summed E-state index contributed by atoms with van der Waals surface area (Å²) in [5.74, 6) is 2.41. The average Bonchev–Trinajstić information content (AvgIpc) is 3.15. The van der Waals surface area contributed by atoms with Crippen LogP contribution in [0.4, 0.5) is 5.69 Å². The van der Waals surface area contributed by atoms with Crippen molar-refractivity contribution in [2.75, 3.05) is 14.2 Å². The second-order valence-electron chi connectivity index (χ2n) is 5.92. The predicted molar refractivity (Wildman–Crippen MR) is 104 cm³/mol. The van der Waals surface area contributed by atoms with E-state index in [1.54, 1.807) is 32.2 Å². The Kier molecular flexibility index (Phi) is 4.71. The Hall–Kier alpha value is -2.66. The van der Waals surface area contributed by atoms with Crippen LogP contribution in [-0.4, -0.2) is 19.9 Å². The van der Waals surface area contributed by atoms with E-state index < -0.39 is 0 Å². The molecule has 2 heterocycles. The summed E-state index contributed by atoms with van der Waals surface area (Å²) in [6.45, 7) is 0. The molecule has 0 spiro atoms. The molecule has 1 aliphatic heterocycles. The first-order valence-corrected chi connectivity index (χ1v) is 9.25. The summed E-state index contributed by atoms with van der Waals surface area (Å²) in [6, 6.07) is 18.0. The van der Waals surface area contributed by atoms with Gasteiger partial charge < -0.3 is 13.9 Å². The maximum Gasteiger partial charge on any atom is 0.148 e. The molecule has 0 bridgehead atoms. The van der Waals surface area contributed by atoms with Gasteiger partial charge in [0.15, 0.2) is 0 Å². The molecule has 1 atom stereocenters. The molecule has 4 rings (SSSR count). The minimum atomic E-state index is 0.156. The van der Waals surface area contributed by atoms with Gasteiger partial charge in [0.25, 0.3) is 0 Å². The van der Waals surface area contributed by atoms with Gasteiger partial charge in [-0.15, -0.1) is 11.8 Å². The molecule has 2 aromatic carbocycles. The molecular formula is C21H19NO3S. The largest absolute Gasteiger partial charge is 0.497 e. The summed E-state index contributed by atoms with van der Waals surface area (Å²) in [4.78, 5) is 6.03. The van der Waals surface area contributed by atoms with E-state index in [9.17, 15) is 0 Å². The molecule has 0 radical (unpaired) electrons. The second kappa shape index (κ2) is 7.30. The molecule has 132 valence electrons. The lowest BCUT2D eigenvalue weighted by Gasteiger charge is -2.19. The van der Waals surface area contributed by atoms with Crippen LogP contribution in [-0.2, 0) is 0 Å². The van der Waals surface area contributed by atoms with E-state index in [4.69, 9.17) is 18.9 Å². The molecular weight excluding hydrogens is 346 g/mol. The fourth-order valence-corrected chi connectivity index (χ4v) is 4.33. The molecule has 0 aliphatic carbocycles. The van der Waals surface area contributed by atoms with Gasteiger partial charge in [0.2, 0.25) is 0 Å². The molecule has 0 amide bonds. The Balaban J connectivity index is 1.80. The van der Waals surface area contributed by atoms with Gasteiger partial charge in [0.1, 0.15) is 17.3 Å². The van der Waals surface area contributed by atoms with Gasteiger partial charge in [-0.3, -0.25) is 0 Å². The fraction of sp³-hybridized carbons (Fsp3) is 0.190. The van der Waals surface area contributed by atoms with Gasteiger partial charge >= 0.3 is 0 Å². The number of para-hydroxylation sites is 1. The highest BCUT2D eigenvalue weighted by molar-refractivity contribution is 7.99. The number of ether oxygens (including phenoxy) is 2. The normalized spacial score (nSPS) is 16.4. The van der Waals surface area contributed by atoms with Gasteiger partial charge in [-0.1, -0.05) is 18.2 Å². The molecule has 0 N–H and O–H groups in total. The number of aliphatic imine (C=N–C) groups is 1. The minimum Gasteiger partial charge on any atom is -0.497 e. The number of hydrogen-bond acceptors (Lipinski definition) is 5. The van der Waals surface area contributed by atoms with Crippen molar-refractivity contribution >= 4 is 23.2 Å². The number of nitrogens with zero attached hydrogens (tertiary/aromatic N) is 1. The van der Waals surface area contributed by atoms with Gasteiger partial charge in [0.05, 0.1) is 31.9 Å². The molecule has 4 nitrogen and oxygen atoms in total. The molecule has 1 aromatic heterocycles. The Bertz CT molecular complexity index is 934. The maximum absolute atomic E-state index is 5.64. The third-order valence-electron chi connectivity index (χ3n) is 4.36. The summed E-state index contributed by atoms with van der Waals surface area (Å²) in [6.07, 6.45) is 2.43. The monoisotopic (exact) mass is 365 g/mol. The first-order valence-electron chi connectivity index (χ1n) is 8.37. The van der Waals surface area contributed by atoms with E-state index in [2.05, 4.69) is 12.1 Å². The summed E-state index contributed by atoms with van der Waals surface area (Å²) < 4.78 is 16.6. The summed E-state index contributed by atoms with van der Waals surface area (Å²) in [7, 11) is 3.35.